The van der Waals surface area contributed by atoms with E-state index < -0.39 is 0 Å². The van der Waals surface area contributed by atoms with Crippen LogP contribution in [0.15, 0.2) is 53.8 Å². The highest BCUT2D eigenvalue weighted by atomic mass is 15.3. The number of hydrogen-bond donors (Lipinski definition) is 2. The predicted octanol–water partition coefficient (Wildman–Crippen LogP) is 4.23. The third-order valence-corrected chi connectivity index (χ3v) is 5.96. The highest BCUT2D eigenvalue weighted by molar-refractivity contribution is 5.87. The fourth-order valence-corrected chi connectivity index (χ4v) is 4.32. The second-order valence-electron chi connectivity index (χ2n) is 8.08. The molecule has 4 rings (SSSR count). The van der Waals surface area contributed by atoms with E-state index in [0.29, 0.717) is 12.6 Å². The van der Waals surface area contributed by atoms with Gasteiger partial charge in [0.15, 0.2) is 5.96 Å². The first-order chi connectivity index (χ1) is 14.7. The van der Waals surface area contributed by atoms with Crippen molar-refractivity contribution in [2.75, 3.05) is 6.54 Å². The first-order valence-electron chi connectivity index (χ1n) is 11.2. The summed E-state index contributed by atoms with van der Waals surface area (Å²) in [5, 5.41) is 18.1. The van der Waals surface area contributed by atoms with Crippen LogP contribution in [0.4, 0.5) is 0 Å². The van der Waals surface area contributed by atoms with Gasteiger partial charge in [-0.25, -0.2) is 0 Å². The third-order valence-electron chi connectivity index (χ3n) is 5.96. The minimum atomic E-state index is 0.157. The quantitative estimate of drug-likeness (QED) is 0.457. The number of nitrogens with one attached hydrogen (secondary N) is 2. The molecular weight excluding hydrogens is 372 g/mol. The van der Waals surface area contributed by atoms with Gasteiger partial charge in [0, 0.05) is 19.0 Å². The first-order valence-corrected chi connectivity index (χ1v) is 11.2. The summed E-state index contributed by atoms with van der Waals surface area (Å²) in [6, 6.07) is 15.7. The second kappa shape index (κ2) is 9.74. The highest BCUT2D eigenvalue weighted by Crippen LogP contribution is 2.24. The molecule has 1 aromatic heterocycles. The minimum absolute atomic E-state index is 0.157. The van der Waals surface area contributed by atoms with Gasteiger partial charge in [-0.1, -0.05) is 62.2 Å². The highest BCUT2D eigenvalue weighted by Gasteiger charge is 2.18. The number of fused-ring (bicyclic) bond motifs is 1. The van der Waals surface area contributed by atoms with Crippen LogP contribution in [-0.4, -0.2) is 33.3 Å². The molecule has 1 atom stereocenters. The van der Waals surface area contributed by atoms with Gasteiger partial charge in [-0.3, -0.25) is 4.99 Å². The molecule has 1 unspecified atom stereocenters. The number of rotatable bonds is 7. The van der Waals surface area contributed by atoms with E-state index in [-0.39, 0.29) is 6.04 Å². The summed E-state index contributed by atoms with van der Waals surface area (Å²) in [4.78, 5) is 4.90. The number of nitrogens with zero attached hydrogens (tertiary/aromatic N) is 4. The van der Waals surface area contributed by atoms with Gasteiger partial charge < -0.3 is 15.2 Å². The van der Waals surface area contributed by atoms with Crippen LogP contribution in [0, 0.1) is 0 Å². The van der Waals surface area contributed by atoms with Crippen LogP contribution in [0.5, 0.6) is 0 Å². The standard InChI is InChI=1S/C24H32N6/c1-3-23-29-26-17-30(23)16-15-25-24(28-20-11-5-6-12-20)27-18(2)21-14-8-10-19-9-4-7-13-22(19)21/h4,7-10,13-14,17-18,20H,3,5-6,11-12,15-16H2,1-2H3,(H2,25,27,28). The van der Waals surface area contributed by atoms with Crippen molar-refractivity contribution in [3.63, 3.8) is 0 Å². The molecule has 0 saturated heterocycles. The Morgan fingerprint density at radius 1 is 1.17 bits per heavy atom. The fourth-order valence-electron chi connectivity index (χ4n) is 4.32. The lowest BCUT2D eigenvalue weighted by molar-refractivity contribution is 0.590. The molecule has 0 aliphatic heterocycles. The maximum atomic E-state index is 4.90. The lowest BCUT2D eigenvalue weighted by Crippen LogP contribution is -2.43. The summed E-state index contributed by atoms with van der Waals surface area (Å²) in [6.45, 7) is 5.79. The van der Waals surface area contributed by atoms with Gasteiger partial charge in [0.25, 0.3) is 0 Å². The molecule has 158 valence electrons. The summed E-state index contributed by atoms with van der Waals surface area (Å²) < 4.78 is 2.09. The Balaban J connectivity index is 1.49. The molecule has 1 aliphatic carbocycles. The van der Waals surface area contributed by atoms with Crippen molar-refractivity contribution in [1.82, 2.24) is 25.4 Å². The SMILES string of the molecule is CCc1nncn1CCN=C(NC1CCCC1)NC(C)c1cccc2ccccc12. The molecule has 3 aromatic rings. The van der Waals surface area contributed by atoms with Crippen molar-refractivity contribution in [2.24, 2.45) is 4.99 Å². The summed E-state index contributed by atoms with van der Waals surface area (Å²) >= 11 is 0. The maximum absolute atomic E-state index is 4.90. The van der Waals surface area contributed by atoms with Gasteiger partial charge in [0.1, 0.15) is 12.2 Å². The van der Waals surface area contributed by atoms with Crippen molar-refractivity contribution in [2.45, 2.75) is 64.6 Å². The molecule has 6 heteroatoms. The van der Waals surface area contributed by atoms with Gasteiger partial charge in [0.05, 0.1) is 12.6 Å². The van der Waals surface area contributed by atoms with E-state index in [0.717, 1.165) is 24.7 Å². The molecular formula is C24H32N6. The molecule has 2 N–H and O–H groups in total. The van der Waals surface area contributed by atoms with Crippen molar-refractivity contribution in [3.8, 4) is 0 Å². The third kappa shape index (κ3) is 4.81. The lowest BCUT2D eigenvalue weighted by Gasteiger charge is -2.23. The van der Waals surface area contributed by atoms with Crippen LogP contribution in [0.2, 0.25) is 0 Å². The van der Waals surface area contributed by atoms with Crippen molar-refractivity contribution < 1.29 is 0 Å². The molecule has 6 nitrogen and oxygen atoms in total. The molecule has 0 spiro atoms. The first kappa shape index (κ1) is 20.4. The molecule has 2 aromatic carbocycles. The monoisotopic (exact) mass is 404 g/mol. The average Bonchev–Trinajstić information content (AvgIpc) is 3.45. The molecule has 1 heterocycles. The molecule has 1 saturated carbocycles. The molecule has 0 bridgehead atoms. The number of benzene rings is 2. The lowest BCUT2D eigenvalue weighted by atomic mass is 10.00. The number of aromatic nitrogens is 3. The summed E-state index contributed by atoms with van der Waals surface area (Å²) in [5.41, 5.74) is 1.29. The molecule has 30 heavy (non-hydrogen) atoms. The van der Waals surface area contributed by atoms with Crippen LogP contribution < -0.4 is 10.6 Å². The summed E-state index contributed by atoms with van der Waals surface area (Å²) in [7, 11) is 0. The smallest absolute Gasteiger partial charge is 0.192 e. The van der Waals surface area contributed by atoms with Gasteiger partial charge in [-0.2, -0.15) is 0 Å². The van der Waals surface area contributed by atoms with E-state index in [4.69, 9.17) is 4.99 Å². The fraction of sp³-hybridized carbons (Fsp3) is 0.458. The van der Waals surface area contributed by atoms with E-state index in [1.54, 1.807) is 6.33 Å². The van der Waals surface area contributed by atoms with Gasteiger partial charge in [-0.15, -0.1) is 10.2 Å². The Morgan fingerprint density at radius 2 is 1.97 bits per heavy atom. The molecule has 0 amide bonds. The molecule has 1 aliphatic rings. The predicted molar refractivity (Wildman–Crippen MR) is 123 cm³/mol. The average molecular weight is 405 g/mol. The maximum Gasteiger partial charge on any atom is 0.192 e. The van der Waals surface area contributed by atoms with Crippen LogP contribution >= 0.6 is 0 Å². The van der Waals surface area contributed by atoms with Crippen molar-refractivity contribution in [1.29, 1.82) is 0 Å². The zero-order chi connectivity index (χ0) is 20.8. The Bertz CT molecular complexity index is 981. The normalized spacial score (nSPS) is 16.1. The Hall–Kier alpha value is -2.89. The van der Waals surface area contributed by atoms with Crippen LogP contribution in [0.3, 0.4) is 0 Å². The van der Waals surface area contributed by atoms with Gasteiger partial charge in [-0.05, 0) is 36.1 Å². The van der Waals surface area contributed by atoms with Crippen LogP contribution in [-0.2, 0) is 13.0 Å². The Labute approximate surface area is 178 Å². The zero-order valence-corrected chi connectivity index (χ0v) is 18.0. The summed E-state index contributed by atoms with van der Waals surface area (Å²) in [5.74, 6) is 1.90. The van der Waals surface area contributed by atoms with E-state index in [9.17, 15) is 0 Å². The second-order valence-corrected chi connectivity index (χ2v) is 8.08. The number of guanidine groups is 1. The van der Waals surface area contributed by atoms with Gasteiger partial charge >= 0.3 is 0 Å². The number of aryl methyl sites for hydroxylation is 1. The van der Waals surface area contributed by atoms with E-state index >= 15 is 0 Å². The largest absolute Gasteiger partial charge is 0.354 e. The van der Waals surface area contributed by atoms with Crippen molar-refractivity contribution in [3.05, 3.63) is 60.2 Å². The van der Waals surface area contributed by atoms with E-state index in [1.807, 2.05) is 0 Å². The zero-order valence-electron chi connectivity index (χ0n) is 18.0. The Morgan fingerprint density at radius 3 is 2.80 bits per heavy atom. The van der Waals surface area contributed by atoms with Crippen LogP contribution in [0.25, 0.3) is 10.8 Å². The molecule has 1 fully saturated rings. The van der Waals surface area contributed by atoms with Crippen molar-refractivity contribution >= 4 is 16.7 Å². The van der Waals surface area contributed by atoms with E-state index in [2.05, 4.69) is 81.7 Å². The van der Waals surface area contributed by atoms with E-state index in [1.165, 1.54) is 42.0 Å². The summed E-state index contributed by atoms with van der Waals surface area (Å²) in [6.07, 6.45) is 7.70. The minimum Gasteiger partial charge on any atom is -0.354 e. The Kier molecular flexibility index (Phi) is 6.62. The molecule has 0 radical (unpaired) electrons. The number of hydrogen-bond acceptors (Lipinski definition) is 3. The number of aliphatic imine (C=N–C) groups is 1. The van der Waals surface area contributed by atoms with Crippen LogP contribution in [0.1, 0.15) is 57.0 Å². The van der Waals surface area contributed by atoms with Gasteiger partial charge in [0.2, 0.25) is 0 Å². The topological polar surface area (TPSA) is 67.1 Å².